The van der Waals surface area contributed by atoms with Crippen molar-refractivity contribution < 1.29 is 0 Å². The summed E-state index contributed by atoms with van der Waals surface area (Å²) in [6.07, 6.45) is 0. The summed E-state index contributed by atoms with van der Waals surface area (Å²) in [7, 11) is 0. The van der Waals surface area contributed by atoms with Gasteiger partial charge in [-0.15, -0.1) is 0 Å². The number of rotatable bonds is 3. The normalized spacial score (nSPS) is 18.5. The topological polar surface area (TPSA) is 6.48 Å². The van der Waals surface area contributed by atoms with Crippen molar-refractivity contribution in [3.05, 3.63) is 33.3 Å². The maximum Gasteiger partial charge on any atom is 0.0410 e. The molecule has 2 nitrogen and oxygen atoms in total. The van der Waals surface area contributed by atoms with E-state index in [1.54, 1.807) is 0 Å². The molecule has 0 spiro atoms. The minimum absolute atomic E-state index is 0.657. The van der Waals surface area contributed by atoms with Crippen LogP contribution in [0.1, 0.15) is 19.4 Å². The molecule has 0 radical (unpaired) electrons. The summed E-state index contributed by atoms with van der Waals surface area (Å²) in [5.74, 6) is 0. The molecule has 0 aliphatic carbocycles. The van der Waals surface area contributed by atoms with Crippen LogP contribution >= 0.6 is 27.5 Å². The lowest BCUT2D eigenvalue weighted by Crippen LogP contribution is -2.48. The lowest BCUT2D eigenvalue weighted by atomic mass is 10.2. The van der Waals surface area contributed by atoms with Gasteiger partial charge < -0.3 is 0 Å². The van der Waals surface area contributed by atoms with Gasteiger partial charge >= 0.3 is 0 Å². The van der Waals surface area contributed by atoms with Crippen molar-refractivity contribution >= 4 is 27.5 Å². The SMILES string of the molecule is CC(C)N1CCN(Cc2cc(Cl)ccc2Br)CC1. The molecule has 1 aromatic rings. The second-order valence-electron chi connectivity index (χ2n) is 5.14. The summed E-state index contributed by atoms with van der Waals surface area (Å²) in [6.45, 7) is 10.1. The smallest absolute Gasteiger partial charge is 0.0410 e. The average Bonchev–Trinajstić information content (AvgIpc) is 2.34. The fourth-order valence-electron chi connectivity index (χ4n) is 2.34. The molecule has 2 rings (SSSR count). The third-order valence-corrected chi connectivity index (χ3v) is 4.55. The highest BCUT2D eigenvalue weighted by atomic mass is 79.9. The standard InChI is InChI=1S/C14H20BrClN2/c1-11(2)18-7-5-17(6-8-18)10-12-9-13(16)3-4-14(12)15/h3-4,9,11H,5-8,10H2,1-2H3. The lowest BCUT2D eigenvalue weighted by molar-refractivity contribution is 0.104. The lowest BCUT2D eigenvalue weighted by Gasteiger charge is -2.37. The van der Waals surface area contributed by atoms with E-state index in [0.29, 0.717) is 6.04 Å². The van der Waals surface area contributed by atoms with Gasteiger partial charge in [0.2, 0.25) is 0 Å². The maximum absolute atomic E-state index is 6.05. The van der Waals surface area contributed by atoms with Crippen molar-refractivity contribution in [3.63, 3.8) is 0 Å². The quantitative estimate of drug-likeness (QED) is 0.834. The van der Waals surface area contributed by atoms with Gasteiger partial charge in [-0.25, -0.2) is 0 Å². The molecule has 0 amide bonds. The molecule has 0 saturated carbocycles. The Morgan fingerprint density at radius 1 is 1.22 bits per heavy atom. The van der Waals surface area contributed by atoms with Crippen LogP contribution in [-0.2, 0) is 6.54 Å². The predicted octanol–water partition coefficient (Wildman–Crippen LogP) is 3.63. The number of piperazine rings is 1. The molecule has 100 valence electrons. The Kier molecular flexibility index (Phi) is 5.07. The number of hydrogen-bond acceptors (Lipinski definition) is 2. The summed E-state index contributed by atoms with van der Waals surface area (Å²) < 4.78 is 1.15. The van der Waals surface area contributed by atoms with Crippen LogP contribution in [0.15, 0.2) is 22.7 Å². The fraction of sp³-hybridized carbons (Fsp3) is 0.571. The Morgan fingerprint density at radius 2 is 1.89 bits per heavy atom. The van der Waals surface area contributed by atoms with E-state index in [4.69, 9.17) is 11.6 Å². The zero-order valence-corrected chi connectivity index (χ0v) is 13.3. The zero-order chi connectivity index (χ0) is 13.1. The maximum atomic E-state index is 6.05. The van der Waals surface area contributed by atoms with Gasteiger partial charge in [0.15, 0.2) is 0 Å². The highest BCUT2D eigenvalue weighted by molar-refractivity contribution is 9.10. The van der Waals surface area contributed by atoms with Gasteiger partial charge in [0.05, 0.1) is 0 Å². The molecule has 1 aliphatic heterocycles. The van der Waals surface area contributed by atoms with Crippen LogP contribution in [0.5, 0.6) is 0 Å². The molecule has 1 fully saturated rings. The van der Waals surface area contributed by atoms with Crippen molar-refractivity contribution in [1.29, 1.82) is 0 Å². The van der Waals surface area contributed by atoms with Crippen LogP contribution in [0, 0.1) is 0 Å². The van der Waals surface area contributed by atoms with Gasteiger partial charge in [-0.3, -0.25) is 9.80 Å². The Labute approximate surface area is 123 Å². The van der Waals surface area contributed by atoms with E-state index in [9.17, 15) is 0 Å². The minimum Gasteiger partial charge on any atom is -0.298 e. The molecule has 0 bridgehead atoms. The highest BCUT2D eigenvalue weighted by Crippen LogP contribution is 2.23. The number of halogens is 2. The molecular formula is C14H20BrClN2. The van der Waals surface area contributed by atoms with Crippen molar-refractivity contribution in [2.24, 2.45) is 0 Å². The Morgan fingerprint density at radius 3 is 2.50 bits per heavy atom. The first-order chi connectivity index (χ1) is 8.56. The van der Waals surface area contributed by atoms with Gasteiger partial charge in [-0.05, 0) is 37.6 Å². The molecule has 0 N–H and O–H groups in total. The summed E-state index contributed by atoms with van der Waals surface area (Å²) in [5, 5.41) is 0.814. The average molecular weight is 332 g/mol. The summed E-state index contributed by atoms with van der Waals surface area (Å²) >= 11 is 9.65. The Hall–Kier alpha value is -0.0900. The van der Waals surface area contributed by atoms with E-state index in [1.165, 1.54) is 5.56 Å². The van der Waals surface area contributed by atoms with Gasteiger partial charge in [0.25, 0.3) is 0 Å². The molecule has 0 aromatic heterocycles. The zero-order valence-electron chi connectivity index (χ0n) is 11.0. The van der Waals surface area contributed by atoms with E-state index < -0.39 is 0 Å². The van der Waals surface area contributed by atoms with E-state index in [2.05, 4.69) is 45.6 Å². The highest BCUT2D eigenvalue weighted by Gasteiger charge is 2.19. The summed E-state index contributed by atoms with van der Waals surface area (Å²) in [4.78, 5) is 5.03. The largest absolute Gasteiger partial charge is 0.298 e. The number of nitrogens with zero attached hydrogens (tertiary/aromatic N) is 2. The van der Waals surface area contributed by atoms with Crippen molar-refractivity contribution in [2.75, 3.05) is 26.2 Å². The Bertz CT molecular complexity index is 401. The molecule has 1 saturated heterocycles. The second kappa shape index (κ2) is 6.38. The van der Waals surface area contributed by atoms with Crippen molar-refractivity contribution in [2.45, 2.75) is 26.4 Å². The molecule has 4 heteroatoms. The van der Waals surface area contributed by atoms with Gasteiger partial charge in [-0.2, -0.15) is 0 Å². The van der Waals surface area contributed by atoms with E-state index in [-0.39, 0.29) is 0 Å². The van der Waals surface area contributed by atoms with Crippen LogP contribution in [-0.4, -0.2) is 42.0 Å². The second-order valence-corrected chi connectivity index (χ2v) is 6.43. The molecule has 18 heavy (non-hydrogen) atoms. The first kappa shape index (κ1) is 14.3. The van der Waals surface area contributed by atoms with Crippen LogP contribution < -0.4 is 0 Å². The summed E-state index contributed by atoms with van der Waals surface area (Å²) in [6, 6.07) is 6.67. The van der Waals surface area contributed by atoms with Crippen LogP contribution in [0.25, 0.3) is 0 Å². The van der Waals surface area contributed by atoms with Crippen LogP contribution in [0.2, 0.25) is 5.02 Å². The van der Waals surface area contributed by atoms with E-state index in [0.717, 1.165) is 42.2 Å². The van der Waals surface area contributed by atoms with Crippen LogP contribution in [0.3, 0.4) is 0 Å². The third kappa shape index (κ3) is 3.70. The van der Waals surface area contributed by atoms with E-state index >= 15 is 0 Å². The Balaban J connectivity index is 1.93. The molecular weight excluding hydrogens is 312 g/mol. The molecule has 1 aliphatic rings. The van der Waals surface area contributed by atoms with Gasteiger partial charge in [-0.1, -0.05) is 27.5 Å². The number of hydrogen-bond donors (Lipinski definition) is 0. The van der Waals surface area contributed by atoms with Gasteiger partial charge in [0.1, 0.15) is 0 Å². The molecule has 0 unspecified atom stereocenters. The summed E-state index contributed by atoms with van der Waals surface area (Å²) in [5.41, 5.74) is 1.28. The molecule has 0 atom stereocenters. The third-order valence-electron chi connectivity index (χ3n) is 3.54. The fourth-order valence-corrected chi connectivity index (χ4v) is 2.91. The van der Waals surface area contributed by atoms with Crippen LogP contribution in [0.4, 0.5) is 0 Å². The van der Waals surface area contributed by atoms with Gasteiger partial charge in [0, 0.05) is 48.3 Å². The first-order valence-corrected chi connectivity index (χ1v) is 7.63. The number of benzene rings is 1. The molecule has 1 aromatic carbocycles. The monoisotopic (exact) mass is 330 g/mol. The van der Waals surface area contributed by atoms with E-state index in [1.807, 2.05) is 12.1 Å². The minimum atomic E-state index is 0.657. The van der Waals surface area contributed by atoms with Crippen molar-refractivity contribution in [1.82, 2.24) is 9.80 Å². The van der Waals surface area contributed by atoms with Crippen molar-refractivity contribution in [3.8, 4) is 0 Å². The first-order valence-electron chi connectivity index (χ1n) is 6.46. The predicted molar refractivity (Wildman–Crippen MR) is 81.1 cm³/mol. The molecule has 1 heterocycles.